The Morgan fingerprint density at radius 3 is 1.54 bits per heavy atom. The molecule has 6 nitrogen and oxygen atoms in total. The van der Waals surface area contributed by atoms with Gasteiger partial charge in [0.1, 0.15) is 0 Å². The van der Waals surface area contributed by atoms with Gasteiger partial charge >= 0.3 is 0 Å². The molecule has 0 fully saturated rings. The third-order valence-corrected chi connectivity index (χ3v) is 15.5. The van der Waals surface area contributed by atoms with Gasteiger partial charge in [0, 0.05) is 42.2 Å². The lowest BCUT2D eigenvalue weighted by Gasteiger charge is -2.20. The van der Waals surface area contributed by atoms with Gasteiger partial charge in [-0.15, -0.1) is 0 Å². The van der Waals surface area contributed by atoms with Gasteiger partial charge in [-0.1, -0.05) is 193 Å². The number of nitrogens with zero attached hydrogens (tertiary/aromatic N) is 6. The summed E-state index contributed by atoms with van der Waals surface area (Å²) in [6.45, 7) is 15.6. The Kier molecular flexibility index (Phi) is 16.0. The summed E-state index contributed by atoms with van der Waals surface area (Å²) in [4.78, 5) is 26.7. The fraction of sp³-hybridized carbons (Fsp3) is 0.164. The van der Waals surface area contributed by atoms with Crippen LogP contribution in [0, 0.1) is 3.57 Å². The lowest BCUT2D eigenvalue weighted by Crippen LogP contribution is -2.11. The van der Waals surface area contributed by atoms with Crippen LogP contribution in [-0.4, -0.2) is 32.9 Å². The number of aliphatic imine (C=N–C) groups is 3. The molecule has 80 heavy (non-hydrogen) atoms. The zero-order chi connectivity index (χ0) is 55.2. The van der Waals surface area contributed by atoms with E-state index < -0.39 is 0 Å². The van der Waals surface area contributed by atoms with E-state index in [1.807, 2.05) is 36.4 Å². The van der Waals surface area contributed by atoms with Crippen LogP contribution in [0.5, 0.6) is 0 Å². The quantitative estimate of drug-likeness (QED) is 0.0583. The number of halogens is 1. The highest BCUT2D eigenvalue weighted by Crippen LogP contribution is 2.40. The van der Waals surface area contributed by atoms with E-state index in [1.165, 1.54) is 16.7 Å². The fourth-order valence-corrected chi connectivity index (χ4v) is 11.3. The summed E-state index contributed by atoms with van der Waals surface area (Å²) in [6, 6.07) is 77.7. The van der Waals surface area contributed by atoms with Gasteiger partial charge in [0.05, 0.1) is 33.8 Å². The van der Waals surface area contributed by atoms with Crippen molar-refractivity contribution in [1.82, 2.24) is 14.5 Å². The number of hydrogen-bond donors (Lipinski definition) is 0. The summed E-state index contributed by atoms with van der Waals surface area (Å²) < 4.78 is 3.49. The average Bonchev–Trinajstić information content (AvgIpc) is 3.87. The molecule has 0 bridgehead atoms. The van der Waals surface area contributed by atoms with Crippen molar-refractivity contribution in [2.75, 3.05) is 0 Å². The van der Waals surface area contributed by atoms with Gasteiger partial charge in [0.25, 0.3) is 0 Å². The molecule has 0 N–H and O–H groups in total. The third-order valence-electron chi connectivity index (χ3n) is 14.9. The molecule has 7 heteroatoms. The van der Waals surface area contributed by atoms with Crippen LogP contribution in [0.15, 0.2) is 233 Å². The largest absolute Gasteiger partial charge is 0.308 e. The van der Waals surface area contributed by atoms with Crippen molar-refractivity contribution in [3.05, 3.63) is 250 Å². The van der Waals surface area contributed by atoms with Crippen molar-refractivity contribution >= 4 is 68.5 Å². The van der Waals surface area contributed by atoms with Crippen LogP contribution in [-0.2, 0) is 18.3 Å². The molecule has 2 heterocycles. The molecule has 11 rings (SSSR count). The second kappa shape index (κ2) is 23.9. The van der Waals surface area contributed by atoms with Crippen molar-refractivity contribution in [3.8, 4) is 61.8 Å². The number of unbranched alkanes of at least 4 members (excludes halogenated alkanes) is 2. The van der Waals surface area contributed by atoms with Gasteiger partial charge in [-0.25, -0.2) is 24.9 Å². The minimum absolute atomic E-state index is 0.0980. The standard InChI is InChI=1S/C73H65IN6/c1-7-9-23-49-39-50(24-10-8-2)41-58(40-49)71(76-61-46-59(73(3,4)5)45-60(74)47-61)79-72(75-6)64-44-57(66-48-65(53-29-19-13-20-30-53)77-70(78-66)54-31-21-14-22-32-54)35-38-69(64)80-67-36-33-55(51-25-15-11-16-26-51)42-62(67)63-43-56(34-37-68(63)80)52-27-17-12-18-28-52/h11-22,25-48H,6-10,23-24H2,1-5H3/b76-71-,79-72-. The number of aromatic nitrogens is 3. The first-order chi connectivity index (χ1) is 39.0. The normalized spacial score (nSPS) is 12.1. The molecule has 0 saturated carbocycles. The van der Waals surface area contributed by atoms with E-state index in [0.717, 1.165) is 137 Å². The number of aryl methyl sites for hydroxylation is 2. The number of amidine groups is 2. The highest BCUT2D eigenvalue weighted by molar-refractivity contribution is 14.1. The van der Waals surface area contributed by atoms with Gasteiger partial charge in [-0.2, -0.15) is 0 Å². The summed E-state index contributed by atoms with van der Waals surface area (Å²) in [5.74, 6) is 1.65. The molecule has 0 spiro atoms. The van der Waals surface area contributed by atoms with E-state index in [9.17, 15) is 0 Å². The first kappa shape index (κ1) is 53.6. The van der Waals surface area contributed by atoms with Crippen LogP contribution in [0.4, 0.5) is 5.69 Å². The number of fused-ring (bicyclic) bond motifs is 3. The highest BCUT2D eigenvalue weighted by Gasteiger charge is 2.23. The first-order valence-electron chi connectivity index (χ1n) is 28.0. The molecule has 394 valence electrons. The van der Waals surface area contributed by atoms with Gasteiger partial charge < -0.3 is 4.57 Å². The molecule has 0 radical (unpaired) electrons. The van der Waals surface area contributed by atoms with Crippen molar-refractivity contribution in [2.24, 2.45) is 15.0 Å². The molecule has 0 aliphatic heterocycles. The lowest BCUT2D eigenvalue weighted by molar-refractivity contribution is 0.590. The number of rotatable bonds is 15. The molecule has 2 aromatic heterocycles. The van der Waals surface area contributed by atoms with Crippen molar-refractivity contribution < 1.29 is 0 Å². The van der Waals surface area contributed by atoms with Crippen LogP contribution in [0.1, 0.15) is 88.1 Å². The van der Waals surface area contributed by atoms with E-state index in [4.69, 9.17) is 24.9 Å². The highest BCUT2D eigenvalue weighted by atomic mass is 127. The van der Waals surface area contributed by atoms with Gasteiger partial charge in [-0.05, 0) is 172 Å². The Morgan fingerprint density at radius 2 is 1.01 bits per heavy atom. The van der Waals surface area contributed by atoms with Gasteiger partial charge in [0.2, 0.25) is 0 Å². The van der Waals surface area contributed by atoms with E-state index in [-0.39, 0.29) is 5.41 Å². The SMILES string of the molecule is C=N/C(=N\C(=N/c1cc(I)cc(C(C)(C)C)c1)c1cc(CCCC)cc(CCCC)c1)c1cc(-c2cc(-c3ccccc3)nc(-c3ccccc3)n2)ccc1-n1c2ccc(-c3ccccc3)cc2c2cc(-c3ccccc3)ccc21. The zero-order valence-corrected chi connectivity index (χ0v) is 48.5. The Bertz CT molecular complexity index is 3900. The second-order valence-corrected chi connectivity index (χ2v) is 22.9. The van der Waals surface area contributed by atoms with E-state index in [1.54, 1.807) is 0 Å². The van der Waals surface area contributed by atoms with E-state index in [2.05, 4.69) is 250 Å². The molecule has 0 aliphatic carbocycles. The number of benzene rings is 9. The molecule has 0 amide bonds. The molecule has 9 aromatic carbocycles. The monoisotopic (exact) mass is 1150 g/mol. The predicted molar refractivity (Wildman–Crippen MR) is 347 cm³/mol. The molecule has 0 unspecified atom stereocenters. The maximum absolute atomic E-state index is 5.69. The minimum atomic E-state index is -0.0980. The summed E-state index contributed by atoms with van der Waals surface area (Å²) in [5, 5.41) is 2.27. The molecule has 0 aliphatic rings. The first-order valence-corrected chi connectivity index (χ1v) is 29.0. The van der Waals surface area contributed by atoms with Crippen LogP contribution in [0.2, 0.25) is 0 Å². The van der Waals surface area contributed by atoms with E-state index in [0.29, 0.717) is 17.5 Å². The van der Waals surface area contributed by atoms with Crippen LogP contribution in [0.25, 0.3) is 83.6 Å². The lowest BCUT2D eigenvalue weighted by atomic mass is 9.87. The van der Waals surface area contributed by atoms with E-state index >= 15 is 0 Å². The summed E-state index contributed by atoms with van der Waals surface area (Å²) >= 11 is 2.42. The molecule has 0 saturated heterocycles. The molecule has 11 aromatic rings. The summed E-state index contributed by atoms with van der Waals surface area (Å²) in [6.07, 6.45) is 6.32. The zero-order valence-electron chi connectivity index (χ0n) is 46.3. The molecular formula is C73H65IN6. The van der Waals surface area contributed by atoms with Crippen LogP contribution < -0.4 is 0 Å². The predicted octanol–water partition coefficient (Wildman–Crippen LogP) is 19.7. The molecular weight excluding hydrogens is 1090 g/mol. The van der Waals surface area contributed by atoms with Gasteiger partial charge in [-0.3, -0.25) is 0 Å². The Morgan fingerprint density at radius 1 is 0.500 bits per heavy atom. The maximum Gasteiger partial charge on any atom is 0.163 e. The van der Waals surface area contributed by atoms with Crippen molar-refractivity contribution in [1.29, 1.82) is 0 Å². The topological polar surface area (TPSA) is 67.8 Å². The Balaban J connectivity index is 1.21. The minimum Gasteiger partial charge on any atom is -0.308 e. The fourth-order valence-electron chi connectivity index (χ4n) is 10.6. The summed E-state index contributed by atoms with van der Waals surface area (Å²) in [5.41, 5.74) is 18.2. The average molecular weight is 1150 g/mol. The second-order valence-electron chi connectivity index (χ2n) is 21.7. The Hall–Kier alpha value is -8.40. The smallest absolute Gasteiger partial charge is 0.163 e. The Labute approximate surface area is 485 Å². The van der Waals surface area contributed by atoms with Crippen LogP contribution >= 0.6 is 22.6 Å². The van der Waals surface area contributed by atoms with Crippen molar-refractivity contribution in [3.63, 3.8) is 0 Å². The maximum atomic E-state index is 5.69. The summed E-state index contributed by atoms with van der Waals surface area (Å²) in [7, 11) is 0. The number of hydrogen-bond acceptors (Lipinski definition) is 3. The molecule has 0 atom stereocenters. The van der Waals surface area contributed by atoms with Gasteiger partial charge in [0.15, 0.2) is 17.5 Å². The third kappa shape index (κ3) is 11.8. The van der Waals surface area contributed by atoms with Crippen LogP contribution in [0.3, 0.4) is 0 Å². The van der Waals surface area contributed by atoms with Crippen molar-refractivity contribution in [2.45, 2.75) is 78.6 Å².